The molecule has 0 saturated carbocycles. The number of hydrogen-bond acceptors (Lipinski definition) is 3. The topological polar surface area (TPSA) is 55.4 Å². The summed E-state index contributed by atoms with van der Waals surface area (Å²) in [6.07, 6.45) is 2.49. The van der Waals surface area contributed by atoms with Crippen molar-refractivity contribution in [2.24, 2.45) is 0 Å². The van der Waals surface area contributed by atoms with E-state index in [1.165, 1.54) is 5.56 Å². The highest BCUT2D eigenvalue weighted by molar-refractivity contribution is 5.80. The predicted molar refractivity (Wildman–Crippen MR) is 89.7 cm³/mol. The summed E-state index contributed by atoms with van der Waals surface area (Å²) in [5.41, 5.74) is 1.70. The second-order valence-corrected chi connectivity index (χ2v) is 5.44. The zero-order chi connectivity index (χ0) is 16.5. The molecule has 0 bridgehead atoms. The predicted octanol–water partition coefficient (Wildman–Crippen LogP) is 3.02. The number of rotatable bonds is 8. The molecule has 1 amide bonds. The van der Waals surface area contributed by atoms with Crippen LogP contribution >= 0.6 is 0 Å². The molecule has 1 unspecified atom stereocenters. The van der Waals surface area contributed by atoms with Crippen LogP contribution in [-0.2, 0) is 11.2 Å². The van der Waals surface area contributed by atoms with E-state index in [9.17, 15) is 9.59 Å². The molecule has 0 aliphatic rings. The molecule has 23 heavy (non-hydrogen) atoms. The fourth-order valence-corrected chi connectivity index (χ4v) is 2.27. The van der Waals surface area contributed by atoms with Crippen molar-refractivity contribution in [3.05, 3.63) is 65.7 Å². The molecule has 2 rings (SSSR count). The third kappa shape index (κ3) is 5.58. The molecule has 0 saturated heterocycles. The van der Waals surface area contributed by atoms with E-state index in [0.717, 1.165) is 19.1 Å². The summed E-state index contributed by atoms with van der Waals surface area (Å²) in [5.74, 6) is 0.237. The number of benzene rings is 2. The first kappa shape index (κ1) is 16.7. The van der Waals surface area contributed by atoms with E-state index < -0.39 is 0 Å². The number of hydrogen-bond donors (Lipinski definition) is 1. The largest absolute Gasteiger partial charge is 0.483 e. The first-order valence-electron chi connectivity index (χ1n) is 7.69. The maximum absolute atomic E-state index is 11.9. The van der Waals surface area contributed by atoms with Crippen molar-refractivity contribution in [3.63, 3.8) is 0 Å². The van der Waals surface area contributed by atoms with Crippen LogP contribution in [0.25, 0.3) is 0 Å². The number of ether oxygens (including phenoxy) is 1. The average molecular weight is 311 g/mol. The van der Waals surface area contributed by atoms with Crippen molar-refractivity contribution in [3.8, 4) is 5.75 Å². The van der Waals surface area contributed by atoms with Gasteiger partial charge in [0.2, 0.25) is 0 Å². The van der Waals surface area contributed by atoms with E-state index in [1.807, 2.05) is 25.1 Å². The van der Waals surface area contributed by atoms with Gasteiger partial charge in [-0.2, -0.15) is 0 Å². The van der Waals surface area contributed by atoms with Crippen LogP contribution in [0.15, 0.2) is 54.6 Å². The van der Waals surface area contributed by atoms with Crippen molar-refractivity contribution in [1.29, 1.82) is 0 Å². The lowest BCUT2D eigenvalue weighted by Gasteiger charge is -2.14. The quantitative estimate of drug-likeness (QED) is 0.762. The van der Waals surface area contributed by atoms with Gasteiger partial charge in [-0.1, -0.05) is 42.5 Å². The van der Waals surface area contributed by atoms with Crippen LogP contribution < -0.4 is 10.1 Å². The van der Waals surface area contributed by atoms with Crippen LogP contribution in [0.5, 0.6) is 5.75 Å². The molecule has 4 nitrogen and oxygen atoms in total. The lowest BCUT2D eigenvalue weighted by atomic mass is 10.1. The molecule has 1 atom stereocenters. The van der Waals surface area contributed by atoms with Crippen molar-refractivity contribution in [2.45, 2.75) is 25.8 Å². The summed E-state index contributed by atoms with van der Waals surface area (Å²) in [7, 11) is 0. The van der Waals surface area contributed by atoms with Gasteiger partial charge in [0.1, 0.15) is 5.75 Å². The van der Waals surface area contributed by atoms with E-state index in [0.29, 0.717) is 11.3 Å². The summed E-state index contributed by atoms with van der Waals surface area (Å²) in [6.45, 7) is 1.88. The van der Waals surface area contributed by atoms with Gasteiger partial charge in [0.05, 0.1) is 5.56 Å². The van der Waals surface area contributed by atoms with Gasteiger partial charge in [0, 0.05) is 6.04 Å². The molecule has 120 valence electrons. The van der Waals surface area contributed by atoms with Gasteiger partial charge in [-0.25, -0.2) is 0 Å². The Kier molecular flexibility index (Phi) is 6.36. The molecule has 0 aliphatic carbocycles. The fraction of sp³-hybridized carbons (Fsp3) is 0.263. The van der Waals surface area contributed by atoms with Crippen molar-refractivity contribution < 1.29 is 14.3 Å². The highest BCUT2D eigenvalue weighted by Crippen LogP contribution is 2.15. The third-order valence-electron chi connectivity index (χ3n) is 3.52. The van der Waals surface area contributed by atoms with Gasteiger partial charge in [-0.3, -0.25) is 9.59 Å². The monoisotopic (exact) mass is 311 g/mol. The third-order valence-corrected chi connectivity index (χ3v) is 3.52. The molecule has 0 heterocycles. The van der Waals surface area contributed by atoms with E-state index in [1.54, 1.807) is 24.3 Å². The Hall–Kier alpha value is -2.62. The van der Waals surface area contributed by atoms with Gasteiger partial charge >= 0.3 is 0 Å². The molecule has 0 fully saturated rings. The van der Waals surface area contributed by atoms with Gasteiger partial charge in [-0.05, 0) is 37.5 Å². The molecule has 4 heteroatoms. The lowest BCUT2D eigenvalue weighted by Crippen LogP contribution is -2.36. The summed E-state index contributed by atoms with van der Waals surface area (Å²) in [4.78, 5) is 22.8. The molecule has 0 aromatic heterocycles. The number of nitrogens with one attached hydrogen (secondary N) is 1. The number of aldehydes is 1. The first-order chi connectivity index (χ1) is 11.2. The SMILES string of the molecule is CC(CCc1ccccc1)NC(=O)COc1ccccc1C=O. The van der Waals surface area contributed by atoms with Crippen molar-refractivity contribution in [1.82, 2.24) is 5.32 Å². The van der Waals surface area contributed by atoms with Gasteiger partial charge in [0.15, 0.2) is 12.9 Å². The van der Waals surface area contributed by atoms with Gasteiger partial charge in [0.25, 0.3) is 5.91 Å². The van der Waals surface area contributed by atoms with Crippen LogP contribution in [-0.4, -0.2) is 24.8 Å². The zero-order valence-corrected chi connectivity index (χ0v) is 13.2. The molecular formula is C19H21NO3. The second kappa shape index (κ2) is 8.73. The van der Waals surface area contributed by atoms with E-state index in [2.05, 4.69) is 17.4 Å². The zero-order valence-electron chi connectivity index (χ0n) is 13.2. The highest BCUT2D eigenvalue weighted by atomic mass is 16.5. The molecule has 2 aromatic rings. The van der Waals surface area contributed by atoms with Crippen LogP contribution in [0.2, 0.25) is 0 Å². The Morgan fingerprint density at radius 2 is 1.83 bits per heavy atom. The molecule has 0 spiro atoms. The number of para-hydroxylation sites is 1. The summed E-state index contributed by atoms with van der Waals surface area (Å²) >= 11 is 0. The Labute approximate surface area is 136 Å². The van der Waals surface area contributed by atoms with Crippen molar-refractivity contribution in [2.75, 3.05) is 6.61 Å². The van der Waals surface area contributed by atoms with Crippen LogP contribution in [0, 0.1) is 0 Å². The summed E-state index contributed by atoms with van der Waals surface area (Å²) < 4.78 is 5.41. The number of carbonyl (C=O) groups is 2. The average Bonchev–Trinajstić information content (AvgIpc) is 2.59. The Morgan fingerprint density at radius 3 is 2.57 bits per heavy atom. The molecule has 0 aliphatic heterocycles. The maximum Gasteiger partial charge on any atom is 0.258 e. The normalized spacial score (nSPS) is 11.5. The highest BCUT2D eigenvalue weighted by Gasteiger charge is 2.09. The number of carbonyl (C=O) groups excluding carboxylic acids is 2. The number of amides is 1. The Morgan fingerprint density at radius 1 is 1.13 bits per heavy atom. The van der Waals surface area contributed by atoms with E-state index >= 15 is 0 Å². The minimum absolute atomic E-state index is 0.0626. The smallest absolute Gasteiger partial charge is 0.258 e. The van der Waals surface area contributed by atoms with Crippen LogP contribution in [0.4, 0.5) is 0 Å². The molecule has 2 aromatic carbocycles. The minimum atomic E-state index is -0.189. The first-order valence-corrected chi connectivity index (χ1v) is 7.69. The van der Waals surface area contributed by atoms with Crippen LogP contribution in [0.3, 0.4) is 0 Å². The summed E-state index contributed by atoms with van der Waals surface area (Å²) in [5, 5.41) is 2.91. The molecular weight excluding hydrogens is 290 g/mol. The Balaban J connectivity index is 1.74. The van der Waals surface area contributed by atoms with Crippen LogP contribution in [0.1, 0.15) is 29.3 Å². The van der Waals surface area contributed by atoms with Gasteiger partial charge < -0.3 is 10.1 Å². The number of aryl methyl sites for hydroxylation is 1. The fourth-order valence-electron chi connectivity index (χ4n) is 2.27. The maximum atomic E-state index is 11.9. The van der Waals surface area contributed by atoms with Gasteiger partial charge in [-0.15, -0.1) is 0 Å². The second-order valence-electron chi connectivity index (χ2n) is 5.44. The van der Waals surface area contributed by atoms with E-state index in [4.69, 9.17) is 4.74 Å². The standard InChI is InChI=1S/C19H21NO3/c1-15(11-12-16-7-3-2-4-8-16)20-19(22)14-23-18-10-6-5-9-17(18)13-21/h2-10,13,15H,11-12,14H2,1H3,(H,20,22). The van der Waals surface area contributed by atoms with Crippen molar-refractivity contribution >= 4 is 12.2 Å². The van der Waals surface area contributed by atoms with E-state index in [-0.39, 0.29) is 18.6 Å². The molecule has 1 N–H and O–H groups in total. The lowest BCUT2D eigenvalue weighted by molar-refractivity contribution is -0.123. The minimum Gasteiger partial charge on any atom is -0.483 e. The molecule has 0 radical (unpaired) electrons. The summed E-state index contributed by atoms with van der Waals surface area (Å²) in [6, 6.07) is 17.1. The Bertz CT molecular complexity index is 640.